The van der Waals surface area contributed by atoms with Crippen molar-refractivity contribution in [3.8, 4) is 17.0 Å². The Morgan fingerprint density at radius 1 is 1.24 bits per heavy atom. The number of hydrogen-bond acceptors (Lipinski definition) is 9. The van der Waals surface area contributed by atoms with Gasteiger partial charge >= 0.3 is 11.6 Å². The number of ether oxygens (including phenoxy) is 1. The number of carboxylic acid groups (broad SMARTS) is 1. The van der Waals surface area contributed by atoms with E-state index in [-0.39, 0.29) is 16.4 Å². The van der Waals surface area contributed by atoms with Gasteiger partial charge in [0.15, 0.2) is 5.13 Å². The molecule has 11 nitrogen and oxygen atoms in total. The number of carbonyl (C=O) groups excluding carboxylic acids is 1. The molecule has 2 aromatic carbocycles. The van der Waals surface area contributed by atoms with Gasteiger partial charge in [0.05, 0.1) is 28.9 Å². The summed E-state index contributed by atoms with van der Waals surface area (Å²) in [5.41, 5.74) is -1.76. The lowest BCUT2D eigenvalue weighted by atomic mass is 10.0. The van der Waals surface area contributed by atoms with Crippen molar-refractivity contribution in [3.63, 3.8) is 0 Å². The third-order valence-electron chi connectivity index (χ3n) is 4.64. The first kappa shape index (κ1) is 21.6. The van der Waals surface area contributed by atoms with Crippen molar-refractivity contribution < 1.29 is 28.8 Å². The van der Waals surface area contributed by atoms with Crippen LogP contribution in [0.4, 0.5) is 10.8 Å². The van der Waals surface area contributed by atoms with Gasteiger partial charge in [-0.1, -0.05) is 6.07 Å². The number of nitro benzene ring substituents is 1. The molecule has 166 valence electrons. The quantitative estimate of drug-likeness (QED) is 0.244. The van der Waals surface area contributed by atoms with E-state index >= 15 is 0 Å². The van der Waals surface area contributed by atoms with Crippen LogP contribution in [0.15, 0.2) is 57.1 Å². The highest BCUT2D eigenvalue weighted by atomic mass is 32.1. The average molecular weight is 467 g/mol. The third kappa shape index (κ3) is 4.14. The predicted octanol–water partition coefficient (Wildman–Crippen LogP) is 3.78. The summed E-state index contributed by atoms with van der Waals surface area (Å²) < 4.78 is 10.5. The Morgan fingerprint density at radius 3 is 2.73 bits per heavy atom. The molecule has 0 aliphatic carbocycles. The van der Waals surface area contributed by atoms with E-state index in [9.17, 15) is 29.6 Å². The molecular formula is C21H13N3O8S. The van der Waals surface area contributed by atoms with Gasteiger partial charge in [-0.2, -0.15) is 0 Å². The highest BCUT2D eigenvalue weighted by Crippen LogP contribution is 2.29. The molecule has 0 atom stereocenters. The first-order valence-electron chi connectivity index (χ1n) is 9.18. The zero-order valence-electron chi connectivity index (χ0n) is 16.7. The second-order valence-electron chi connectivity index (χ2n) is 6.61. The molecule has 0 fully saturated rings. The van der Waals surface area contributed by atoms with Crippen molar-refractivity contribution in [1.82, 2.24) is 4.98 Å². The largest absolute Gasteiger partial charge is 0.497 e. The Hall–Kier alpha value is -4.58. The minimum Gasteiger partial charge on any atom is -0.497 e. The van der Waals surface area contributed by atoms with Gasteiger partial charge in [0.2, 0.25) is 0 Å². The summed E-state index contributed by atoms with van der Waals surface area (Å²) >= 11 is 0.952. The third-order valence-corrected chi connectivity index (χ3v) is 5.39. The van der Waals surface area contributed by atoms with E-state index in [0.29, 0.717) is 16.7 Å². The maximum Gasteiger partial charge on any atom is 0.345 e. The SMILES string of the molecule is COc1ccc2oc(=O)c(-c3csc(NC(=O)c4c(C(=O)O)cccc4[N+](=O)[O-])n3)cc2c1. The van der Waals surface area contributed by atoms with E-state index in [2.05, 4.69) is 10.3 Å². The van der Waals surface area contributed by atoms with E-state index in [1.54, 1.807) is 24.3 Å². The Bertz CT molecular complexity index is 1460. The lowest BCUT2D eigenvalue weighted by molar-refractivity contribution is -0.385. The molecule has 0 unspecified atom stereocenters. The van der Waals surface area contributed by atoms with Crippen LogP contribution in [0.25, 0.3) is 22.2 Å². The van der Waals surface area contributed by atoms with Crippen molar-refractivity contribution in [2.75, 3.05) is 12.4 Å². The van der Waals surface area contributed by atoms with E-state index < -0.39 is 39.2 Å². The molecule has 0 saturated carbocycles. The van der Waals surface area contributed by atoms with E-state index in [0.717, 1.165) is 23.5 Å². The normalized spacial score (nSPS) is 10.7. The number of thiazole rings is 1. The molecule has 0 aliphatic heterocycles. The molecule has 2 aromatic heterocycles. The van der Waals surface area contributed by atoms with Gasteiger partial charge < -0.3 is 14.3 Å². The molecule has 0 aliphatic rings. The fourth-order valence-electron chi connectivity index (χ4n) is 3.13. The van der Waals surface area contributed by atoms with Gasteiger partial charge in [0, 0.05) is 16.8 Å². The number of benzene rings is 2. The van der Waals surface area contributed by atoms with E-state index in [1.165, 1.54) is 18.6 Å². The topological polar surface area (TPSA) is 162 Å². The zero-order chi connectivity index (χ0) is 23.7. The molecule has 1 amide bonds. The predicted molar refractivity (Wildman–Crippen MR) is 118 cm³/mol. The average Bonchev–Trinajstić information content (AvgIpc) is 3.25. The zero-order valence-corrected chi connectivity index (χ0v) is 17.5. The number of aromatic nitrogens is 1. The standard InChI is InChI=1S/C21H13N3O8S/c1-31-11-5-6-16-10(7-11)8-13(20(28)32-16)14-9-33-21(22-14)23-18(25)17-12(19(26)27)3-2-4-15(17)24(29)30/h2-9H,1H3,(H,26,27)(H,22,23,25). The van der Waals surface area contributed by atoms with Crippen LogP contribution in [-0.2, 0) is 0 Å². The Morgan fingerprint density at radius 2 is 2.03 bits per heavy atom. The summed E-state index contributed by atoms with van der Waals surface area (Å²) in [6.45, 7) is 0. The highest BCUT2D eigenvalue weighted by Gasteiger charge is 2.28. The Kier molecular flexibility index (Phi) is 5.58. The van der Waals surface area contributed by atoms with Crippen LogP contribution < -0.4 is 15.7 Å². The smallest absolute Gasteiger partial charge is 0.345 e. The Labute approximate surface area is 188 Å². The number of methoxy groups -OCH3 is 1. The van der Waals surface area contributed by atoms with Gasteiger partial charge in [-0.05, 0) is 30.3 Å². The van der Waals surface area contributed by atoms with Crippen molar-refractivity contribution in [2.24, 2.45) is 0 Å². The van der Waals surface area contributed by atoms with Gasteiger partial charge in [-0.25, -0.2) is 14.6 Å². The molecular weight excluding hydrogens is 454 g/mol. The van der Waals surface area contributed by atoms with Crippen LogP contribution >= 0.6 is 11.3 Å². The number of carboxylic acids is 1. The van der Waals surface area contributed by atoms with Crippen LogP contribution in [0, 0.1) is 10.1 Å². The summed E-state index contributed by atoms with van der Waals surface area (Å²) in [4.78, 5) is 51.2. The number of rotatable bonds is 6. The number of nitro groups is 1. The number of nitrogens with zero attached hydrogens (tertiary/aromatic N) is 2. The van der Waals surface area contributed by atoms with Crippen molar-refractivity contribution >= 4 is 45.0 Å². The summed E-state index contributed by atoms with van der Waals surface area (Å²) in [5.74, 6) is -1.95. The molecule has 0 saturated heterocycles. The minimum absolute atomic E-state index is 0.00892. The molecule has 2 N–H and O–H groups in total. The van der Waals surface area contributed by atoms with Crippen LogP contribution in [0.3, 0.4) is 0 Å². The van der Waals surface area contributed by atoms with Crippen LogP contribution in [-0.4, -0.2) is 34.0 Å². The van der Waals surface area contributed by atoms with E-state index in [1.807, 2.05) is 0 Å². The molecule has 4 aromatic rings. The summed E-state index contributed by atoms with van der Waals surface area (Å²) in [6.07, 6.45) is 0. The lowest BCUT2D eigenvalue weighted by Crippen LogP contribution is -2.18. The number of fused-ring (bicyclic) bond motifs is 1. The molecule has 33 heavy (non-hydrogen) atoms. The maximum atomic E-state index is 12.7. The fourth-order valence-corrected chi connectivity index (χ4v) is 3.84. The fraction of sp³-hybridized carbons (Fsp3) is 0.0476. The first-order chi connectivity index (χ1) is 15.8. The van der Waals surface area contributed by atoms with Gasteiger partial charge in [-0.3, -0.25) is 20.2 Å². The molecule has 0 spiro atoms. The maximum absolute atomic E-state index is 12.7. The molecule has 12 heteroatoms. The second-order valence-corrected chi connectivity index (χ2v) is 7.46. The number of hydrogen-bond donors (Lipinski definition) is 2. The van der Waals surface area contributed by atoms with Crippen molar-refractivity contribution in [2.45, 2.75) is 0 Å². The minimum atomic E-state index is -1.49. The first-order valence-corrected chi connectivity index (χ1v) is 10.1. The summed E-state index contributed by atoms with van der Waals surface area (Å²) in [5, 5.41) is 25.1. The molecule has 0 radical (unpaired) electrons. The van der Waals surface area contributed by atoms with Crippen LogP contribution in [0.5, 0.6) is 5.75 Å². The summed E-state index contributed by atoms with van der Waals surface area (Å²) in [7, 11) is 1.50. The van der Waals surface area contributed by atoms with Crippen LogP contribution in [0.1, 0.15) is 20.7 Å². The number of nitrogens with one attached hydrogen (secondary N) is 1. The number of anilines is 1. The van der Waals surface area contributed by atoms with Gasteiger partial charge in [0.25, 0.3) is 11.6 Å². The number of aromatic carboxylic acids is 1. The van der Waals surface area contributed by atoms with Crippen LogP contribution in [0.2, 0.25) is 0 Å². The lowest BCUT2D eigenvalue weighted by Gasteiger charge is -2.06. The highest BCUT2D eigenvalue weighted by molar-refractivity contribution is 7.14. The van der Waals surface area contributed by atoms with Crippen molar-refractivity contribution in [1.29, 1.82) is 0 Å². The second kappa shape index (κ2) is 8.51. The molecule has 4 rings (SSSR count). The van der Waals surface area contributed by atoms with E-state index in [4.69, 9.17) is 9.15 Å². The van der Waals surface area contributed by atoms with Gasteiger partial charge in [-0.15, -0.1) is 11.3 Å². The molecule has 2 heterocycles. The number of carbonyl (C=O) groups is 2. The molecule has 0 bridgehead atoms. The summed E-state index contributed by atoms with van der Waals surface area (Å²) in [6, 6.07) is 9.78. The monoisotopic (exact) mass is 467 g/mol. The Balaban J connectivity index is 1.69. The van der Waals surface area contributed by atoms with Crippen molar-refractivity contribution in [3.05, 3.63) is 79.5 Å². The van der Waals surface area contributed by atoms with Gasteiger partial charge in [0.1, 0.15) is 16.9 Å². The number of amides is 1.